The molecule has 2 heterocycles. The SMILES string of the molecule is COc1cc(Nc2ncnc(-n3ccnc3Cl)n2)cc(OC)c1OC. The first-order valence-electron chi connectivity index (χ1n) is 7.11. The molecule has 9 nitrogen and oxygen atoms in total. The van der Waals surface area contributed by atoms with Crippen LogP contribution in [0.3, 0.4) is 0 Å². The molecule has 0 saturated heterocycles. The minimum absolute atomic E-state index is 0.255. The topological polar surface area (TPSA) is 96.2 Å². The van der Waals surface area contributed by atoms with E-state index in [1.807, 2.05) is 0 Å². The molecule has 0 aliphatic carbocycles. The number of hydrogen-bond acceptors (Lipinski definition) is 8. The Kier molecular flexibility index (Phi) is 4.85. The van der Waals surface area contributed by atoms with Gasteiger partial charge in [-0.15, -0.1) is 0 Å². The Morgan fingerprint density at radius 2 is 1.72 bits per heavy atom. The second-order valence-electron chi connectivity index (χ2n) is 4.71. The van der Waals surface area contributed by atoms with E-state index >= 15 is 0 Å². The van der Waals surface area contributed by atoms with Crippen LogP contribution in [-0.2, 0) is 0 Å². The largest absolute Gasteiger partial charge is 0.493 e. The number of methoxy groups -OCH3 is 3. The average molecular weight is 363 g/mol. The van der Waals surface area contributed by atoms with E-state index in [1.54, 1.807) is 45.9 Å². The number of benzene rings is 1. The molecule has 0 fully saturated rings. The molecular formula is C15H15ClN6O3. The van der Waals surface area contributed by atoms with Crippen molar-refractivity contribution in [1.82, 2.24) is 24.5 Å². The number of nitrogens with one attached hydrogen (secondary N) is 1. The zero-order valence-electron chi connectivity index (χ0n) is 13.7. The smallest absolute Gasteiger partial charge is 0.240 e. The number of halogens is 1. The van der Waals surface area contributed by atoms with Crippen molar-refractivity contribution in [2.24, 2.45) is 0 Å². The molecule has 1 N–H and O–H groups in total. The van der Waals surface area contributed by atoms with Gasteiger partial charge in [-0.2, -0.15) is 4.98 Å². The van der Waals surface area contributed by atoms with Crippen molar-refractivity contribution in [1.29, 1.82) is 0 Å². The van der Waals surface area contributed by atoms with Crippen LogP contribution in [0.25, 0.3) is 5.95 Å². The summed E-state index contributed by atoms with van der Waals surface area (Å²) in [6, 6.07) is 3.49. The van der Waals surface area contributed by atoms with Crippen LogP contribution in [0.5, 0.6) is 17.2 Å². The molecule has 3 aromatic rings. The summed E-state index contributed by atoms with van der Waals surface area (Å²) in [4.78, 5) is 16.4. The van der Waals surface area contributed by atoms with Gasteiger partial charge in [-0.05, 0) is 11.6 Å². The minimum atomic E-state index is 0.255. The lowest BCUT2D eigenvalue weighted by Gasteiger charge is -2.14. The molecule has 0 aliphatic heterocycles. The van der Waals surface area contributed by atoms with Crippen molar-refractivity contribution in [3.05, 3.63) is 36.1 Å². The average Bonchev–Trinajstić information content (AvgIpc) is 3.07. The Morgan fingerprint density at radius 3 is 2.28 bits per heavy atom. The van der Waals surface area contributed by atoms with Crippen molar-refractivity contribution in [3.8, 4) is 23.2 Å². The molecule has 0 spiro atoms. The zero-order chi connectivity index (χ0) is 17.8. The predicted molar refractivity (Wildman–Crippen MR) is 91.3 cm³/mol. The van der Waals surface area contributed by atoms with Gasteiger partial charge < -0.3 is 19.5 Å². The fourth-order valence-electron chi connectivity index (χ4n) is 2.18. The van der Waals surface area contributed by atoms with Gasteiger partial charge >= 0.3 is 0 Å². The van der Waals surface area contributed by atoms with Crippen molar-refractivity contribution in [2.75, 3.05) is 26.6 Å². The van der Waals surface area contributed by atoms with Crippen LogP contribution in [0.2, 0.25) is 5.28 Å². The lowest BCUT2D eigenvalue weighted by atomic mass is 10.2. The highest BCUT2D eigenvalue weighted by molar-refractivity contribution is 6.28. The van der Waals surface area contributed by atoms with Crippen LogP contribution in [0, 0.1) is 0 Å². The number of ether oxygens (including phenoxy) is 3. The maximum Gasteiger partial charge on any atom is 0.240 e. The van der Waals surface area contributed by atoms with Gasteiger partial charge in [-0.1, -0.05) is 0 Å². The van der Waals surface area contributed by atoms with E-state index in [1.165, 1.54) is 10.9 Å². The third kappa shape index (κ3) is 3.41. The van der Waals surface area contributed by atoms with Gasteiger partial charge in [-0.25, -0.2) is 15.0 Å². The molecule has 0 amide bonds. The van der Waals surface area contributed by atoms with Gasteiger partial charge in [0.2, 0.25) is 22.9 Å². The fraction of sp³-hybridized carbons (Fsp3) is 0.200. The predicted octanol–water partition coefficient (Wildman–Crippen LogP) is 2.48. The van der Waals surface area contributed by atoms with Gasteiger partial charge in [0.25, 0.3) is 0 Å². The van der Waals surface area contributed by atoms with E-state index in [4.69, 9.17) is 25.8 Å². The van der Waals surface area contributed by atoms with Gasteiger partial charge in [0.15, 0.2) is 11.5 Å². The molecule has 0 unspecified atom stereocenters. The number of anilines is 2. The summed E-state index contributed by atoms with van der Waals surface area (Å²) in [6.45, 7) is 0. The highest BCUT2D eigenvalue weighted by Gasteiger charge is 2.14. The first kappa shape index (κ1) is 16.8. The van der Waals surface area contributed by atoms with E-state index in [2.05, 4.69) is 25.3 Å². The van der Waals surface area contributed by atoms with Crippen LogP contribution < -0.4 is 19.5 Å². The van der Waals surface area contributed by atoms with Crippen molar-refractivity contribution in [3.63, 3.8) is 0 Å². The maximum absolute atomic E-state index is 5.98. The van der Waals surface area contributed by atoms with Crippen LogP contribution >= 0.6 is 11.6 Å². The van der Waals surface area contributed by atoms with Crippen LogP contribution in [0.15, 0.2) is 30.9 Å². The van der Waals surface area contributed by atoms with Crippen molar-refractivity contribution >= 4 is 23.2 Å². The van der Waals surface area contributed by atoms with Crippen LogP contribution in [0.4, 0.5) is 11.6 Å². The molecule has 10 heteroatoms. The Balaban J connectivity index is 1.94. The number of imidazole rings is 1. The molecular weight excluding hydrogens is 348 g/mol. The second-order valence-corrected chi connectivity index (χ2v) is 5.05. The number of aromatic nitrogens is 5. The summed E-state index contributed by atoms with van der Waals surface area (Å²) < 4.78 is 17.5. The van der Waals surface area contributed by atoms with Crippen LogP contribution in [0.1, 0.15) is 0 Å². The van der Waals surface area contributed by atoms with Gasteiger partial charge in [-0.3, -0.25) is 4.57 Å². The fourth-order valence-corrected chi connectivity index (χ4v) is 2.37. The molecule has 0 saturated carbocycles. The van der Waals surface area contributed by atoms with Crippen molar-refractivity contribution < 1.29 is 14.2 Å². The molecule has 2 aromatic heterocycles. The first-order chi connectivity index (χ1) is 12.2. The van der Waals surface area contributed by atoms with Gasteiger partial charge in [0, 0.05) is 30.2 Å². The monoisotopic (exact) mass is 362 g/mol. The minimum Gasteiger partial charge on any atom is -0.493 e. The number of rotatable bonds is 6. The quantitative estimate of drug-likeness (QED) is 0.714. The Hall–Kier alpha value is -3.07. The highest BCUT2D eigenvalue weighted by Crippen LogP contribution is 2.40. The molecule has 1 aromatic carbocycles. The second kappa shape index (κ2) is 7.22. The van der Waals surface area contributed by atoms with E-state index < -0.39 is 0 Å². The third-order valence-electron chi connectivity index (χ3n) is 3.29. The first-order valence-corrected chi connectivity index (χ1v) is 7.49. The number of hydrogen-bond donors (Lipinski definition) is 1. The highest BCUT2D eigenvalue weighted by atomic mass is 35.5. The zero-order valence-corrected chi connectivity index (χ0v) is 14.5. The van der Waals surface area contributed by atoms with Gasteiger partial charge in [0.1, 0.15) is 6.33 Å². The molecule has 3 rings (SSSR count). The molecule has 0 aliphatic rings. The van der Waals surface area contributed by atoms with Gasteiger partial charge in [0.05, 0.1) is 21.3 Å². The summed E-state index contributed by atoms with van der Waals surface area (Å²) in [6.07, 6.45) is 4.58. The molecule has 0 radical (unpaired) electrons. The molecule has 130 valence electrons. The summed E-state index contributed by atoms with van der Waals surface area (Å²) >= 11 is 5.98. The molecule has 0 atom stereocenters. The van der Waals surface area contributed by atoms with E-state index in [9.17, 15) is 0 Å². The summed E-state index contributed by atoms with van der Waals surface area (Å²) in [5, 5.41) is 3.33. The Morgan fingerprint density at radius 1 is 1.00 bits per heavy atom. The van der Waals surface area contributed by atoms with Crippen LogP contribution in [-0.4, -0.2) is 45.8 Å². The summed E-state index contributed by atoms with van der Waals surface area (Å²) in [5.41, 5.74) is 0.656. The summed E-state index contributed by atoms with van der Waals surface area (Å²) in [5.74, 6) is 2.18. The summed E-state index contributed by atoms with van der Waals surface area (Å²) in [7, 11) is 4.63. The van der Waals surface area contributed by atoms with E-state index in [-0.39, 0.29) is 5.28 Å². The molecule has 25 heavy (non-hydrogen) atoms. The molecule has 0 bridgehead atoms. The van der Waals surface area contributed by atoms with Crippen molar-refractivity contribution in [2.45, 2.75) is 0 Å². The Labute approximate surface area is 148 Å². The lowest BCUT2D eigenvalue weighted by molar-refractivity contribution is 0.324. The maximum atomic E-state index is 5.98. The lowest BCUT2D eigenvalue weighted by Crippen LogP contribution is -2.05. The Bertz CT molecular complexity index is 860. The van der Waals surface area contributed by atoms with E-state index in [0.29, 0.717) is 34.8 Å². The standard InChI is InChI=1S/C15H15ClN6O3/c1-23-10-6-9(7-11(24-2)12(10)25-3)20-14-18-8-19-15(21-14)22-5-4-17-13(22)16/h4-8H,1-3H3,(H,18,19,20,21). The number of nitrogens with zero attached hydrogens (tertiary/aromatic N) is 5. The third-order valence-corrected chi connectivity index (χ3v) is 3.57. The van der Waals surface area contributed by atoms with E-state index in [0.717, 1.165) is 0 Å². The normalized spacial score (nSPS) is 10.4.